The quantitative estimate of drug-likeness (QED) is 0.494. The highest BCUT2D eigenvalue weighted by Gasteiger charge is 2.24. The van der Waals surface area contributed by atoms with Crippen LogP contribution in [0.3, 0.4) is 0 Å². The van der Waals surface area contributed by atoms with Crippen LogP contribution >= 0.6 is 0 Å². The first-order chi connectivity index (χ1) is 15.2. The van der Waals surface area contributed by atoms with Crippen molar-refractivity contribution in [3.63, 3.8) is 0 Å². The molecule has 0 radical (unpaired) electrons. The summed E-state index contributed by atoms with van der Waals surface area (Å²) in [7, 11) is 0. The highest BCUT2D eigenvalue weighted by atomic mass is 16.1. The Morgan fingerprint density at radius 1 is 1.16 bits per heavy atom. The molecule has 2 heterocycles. The second kappa shape index (κ2) is 9.40. The summed E-state index contributed by atoms with van der Waals surface area (Å²) in [5.74, 6) is 0.0974. The van der Waals surface area contributed by atoms with Gasteiger partial charge < -0.3 is 5.32 Å². The molecule has 3 aromatic rings. The Hall–Kier alpha value is -3.72. The fourth-order valence-corrected chi connectivity index (χ4v) is 4.02. The summed E-state index contributed by atoms with van der Waals surface area (Å²) in [6, 6.07) is 15.7. The molecule has 0 spiro atoms. The zero-order chi connectivity index (χ0) is 21.6. The molecular weight excluding hydrogens is 386 g/mol. The number of nitrogens with one attached hydrogen (secondary N) is 1. The maximum atomic E-state index is 12.9. The number of pyridine rings is 1. The van der Waals surface area contributed by atoms with E-state index in [4.69, 9.17) is 5.10 Å². The van der Waals surface area contributed by atoms with Gasteiger partial charge in [-0.3, -0.25) is 9.78 Å². The van der Waals surface area contributed by atoms with Crippen molar-refractivity contribution in [3.8, 4) is 23.0 Å². The van der Waals surface area contributed by atoms with Gasteiger partial charge in [-0.15, -0.1) is 0 Å². The third kappa shape index (κ3) is 4.72. The molecule has 6 heteroatoms. The molecule has 1 aliphatic carbocycles. The molecule has 2 atom stereocenters. The summed E-state index contributed by atoms with van der Waals surface area (Å²) in [5.41, 5.74) is 3.25. The summed E-state index contributed by atoms with van der Waals surface area (Å²) in [4.78, 5) is 17.0. The predicted octanol–water partition coefficient (Wildman–Crippen LogP) is 4.54. The maximum absolute atomic E-state index is 12.9. The molecule has 1 aliphatic rings. The van der Waals surface area contributed by atoms with E-state index in [1.165, 1.54) is 6.42 Å². The fourth-order valence-electron chi connectivity index (χ4n) is 4.02. The van der Waals surface area contributed by atoms with E-state index in [1.807, 2.05) is 48.7 Å². The van der Waals surface area contributed by atoms with Gasteiger partial charge in [0.25, 0.3) is 5.91 Å². The number of hydrogen-bond acceptors (Lipinski definition) is 4. The SMILES string of the molecule is C[C@H]1CCCC[C@@H]1NC(=O)/C(C#N)=C/c1cn(-c2ccccc2)nc1-c1ccncc1. The monoisotopic (exact) mass is 411 g/mol. The van der Waals surface area contributed by atoms with Crippen LogP contribution in [0.1, 0.15) is 38.2 Å². The maximum Gasteiger partial charge on any atom is 0.262 e. The molecule has 156 valence electrons. The van der Waals surface area contributed by atoms with Gasteiger partial charge in [0.15, 0.2) is 0 Å². The lowest BCUT2D eigenvalue weighted by atomic mass is 9.86. The van der Waals surface area contributed by atoms with Crippen molar-refractivity contribution in [2.45, 2.75) is 38.6 Å². The van der Waals surface area contributed by atoms with Gasteiger partial charge in [-0.2, -0.15) is 10.4 Å². The Bertz CT molecular complexity index is 1110. The zero-order valence-corrected chi connectivity index (χ0v) is 17.5. The Labute approximate surface area is 182 Å². The molecule has 2 aromatic heterocycles. The number of carbonyl (C=O) groups is 1. The molecule has 1 N–H and O–H groups in total. The Balaban J connectivity index is 1.69. The number of amides is 1. The molecule has 1 aromatic carbocycles. The zero-order valence-electron chi connectivity index (χ0n) is 17.5. The summed E-state index contributed by atoms with van der Waals surface area (Å²) in [6.07, 6.45) is 11.2. The van der Waals surface area contributed by atoms with Gasteiger partial charge >= 0.3 is 0 Å². The first kappa shape index (κ1) is 20.5. The lowest BCUT2D eigenvalue weighted by Gasteiger charge is -2.29. The van der Waals surface area contributed by atoms with E-state index in [9.17, 15) is 10.1 Å². The van der Waals surface area contributed by atoms with E-state index in [2.05, 4.69) is 23.3 Å². The number of aromatic nitrogens is 3. The first-order valence-corrected chi connectivity index (χ1v) is 10.6. The third-order valence-electron chi connectivity index (χ3n) is 5.81. The van der Waals surface area contributed by atoms with Crippen LogP contribution in [0.2, 0.25) is 0 Å². The van der Waals surface area contributed by atoms with Crippen LogP contribution in [-0.4, -0.2) is 26.7 Å². The van der Waals surface area contributed by atoms with Gasteiger partial charge in [-0.05, 0) is 49.1 Å². The van der Waals surface area contributed by atoms with Gasteiger partial charge in [0.1, 0.15) is 17.3 Å². The third-order valence-corrected chi connectivity index (χ3v) is 5.81. The minimum absolute atomic E-state index is 0.0840. The van der Waals surface area contributed by atoms with Crippen molar-refractivity contribution in [2.75, 3.05) is 0 Å². The van der Waals surface area contributed by atoms with E-state index < -0.39 is 0 Å². The molecule has 0 bridgehead atoms. The topological polar surface area (TPSA) is 83.6 Å². The largest absolute Gasteiger partial charge is 0.348 e. The highest BCUT2D eigenvalue weighted by molar-refractivity contribution is 6.02. The van der Waals surface area contributed by atoms with Crippen LogP contribution in [0.15, 0.2) is 66.6 Å². The number of nitrogens with zero attached hydrogens (tertiary/aromatic N) is 4. The molecule has 6 nitrogen and oxygen atoms in total. The van der Waals surface area contributed by atoms with Crippen molar-refractivity contribution in [1.82, 2.24) is 20.1 Å². The van der Waals surface area contributed by atoms with E-state index in [1.54, 1.807) is 23.2 Å². The first-order valence-electron chi connectivity index (χ1n) is 10.6. The Morgan fingerprint density at radius 2 is 1.90 bits per heavy atom. The summed E-state index contributed by atoms with van der Waals surface area (Å²) in [5, 5.41) is 17.5. The number of carbonyl (C=O) groups excluding carboxylic acids is 1. The smallest absolute Gasteiger partial charge is 0.262 e. The van der Waals surface area contributed by atoms with Crippen molar-refractivity contribution in [3.05, 3.63) is 72.2 Å². The molecule has 1 amide bonds. The summed E-state index contributed by atoms with van der Waals surface area (Å²) < 4.78 is 1.76. The van der Waals surface area contributed by atoms with Crippen LogP contribution in [0.25, 0.3) is 23.0 Å². The minimum atomic E-state index is -0.325. The van der Waals surface area contributed by atoms with Crippen LogP contribution < -0.4 is 5.32 Å². The number of para-hydroxylation sites is 1. The molecule has 4 rings (SSSR count). The standard InChI is InChI=1S/C25H25N5O/c1-18-7-5-6-10-23(18)28-25(31)20(16-26)15-21-17-30(22-8-3-2-4-9-22)29-24(21)19-11-13-27-14-12-19/h2-4,8-9,11-15,17-18,23H,5-7,10H2,1H3,(H,28,31)/b20-15+/t18-,23-/m0/s1. The average molecular weight is 412 g/mol. The van der Waals surface area contributed by atoms with Crippen molar-refractivity contribution in [2.24, 2.45) is 5.92 Å². The van der Waals surface area contributed by atoms with Gasteiger partial charge in [0.2, 0.25) is 0 Å². The highest BCUT2D eigenvalue weighted by Crippen LogP contribution is 2.26. The van der Waals surface area contributed by atoms with Crippen molar-refractivity contribution >= 4 is 12.0 Å². The van der Waals surface area contributed by atoms with Crippen LogP contribution in [0, 0.1) is 17.2 Å². The van der Waals surface area contributed by atoms with E-state index in [0.717, 1.165) is 30.5 Å². The lowest BCUT2D eigenvalue weighted by Crippen LogP contribution is -2.41. The molecule has 0 saturated heterocycles. The fraction of sp³-hybridized carbons (Fsp3) is 0.280. The van der Waals surface area contributed by atoms with E-state index >= 15 is 0 Å². The van der Waals surface area contributed by atoms with Gasteiger partial charge in [-0.25, -0.2) is 4.68 Å². The van der Waals surface area contributed by atoms with Crippen LogP contribution in [0.5, 0.6) is 0 Å². The normalized spacial score (nSPS) is 18.9. The number of rotatable bonds is 5. The van der Waals surface area contributed by atoms with Crippen LogP contribution in [0.4, 0.5) is 0 Å². The molecule has 1 saturated carbocycles. The second-order valence-electron chi connectivity index (χ2n) is 7.96. The van der Waals surface area contributed by atoms with Gasteiger partial charge in [0, 0.05) is 35.8 Å². The van der Waals surface area contributed by atoms with E-state index in [-0.39, 0.29) is 17.5 Å². The summed E-state index contributed by atoms with van der Waals surface area (Å²) in [6.45, 7) is 2.16. The Kier molecular flexibility index (Phi) is 6.23. The Morgan fingerprint density at radius 3 is 2.61 bits per heavy atom. The number of nitriles is 1. The average Bonchev–Trinajstić information content (AvgIpc) is 3.24. The molecule has 0 unspecified atom stereocenters. The molecule has 31 heavy (non-hydrogen) atoms. The van der Waals surface area contributed by atoms with Crippen LogP contribution in [-0.2, 0) is 4.79 Å². The molecule has 1 fully saturated rings. The minimum Gasteiger partial charge on any atom is -0.348 e. The van der Waals surface area contributed by atoms with Crippen molar-refractivity contribution in [1.29, 1.82) is 5.26 Å². The molecular formula is C25H25N5O. The van der Waals surface area contributed by atoms with E-state index in [0.29, 0.717) is 17.2 Å². The van der Waals surface area contributed by atoms with Crippen molar-refractivity contribution < 1.29 is 4.79 Å². The van der Waals surface area contributed by atoms with Gasteiger partial charge in [-0.1, -0.05) is 38.0 Å². The number of benzene rings is 1. The predicted molar refractivity (Wildman–Crippen MR) is 120 cm³/mol. The number of hydrogen-bond donors (Lipinski definition) is 1. The second-order valence-corrected chi connectivity index (χ2v) is 7.96. The lowest BCUT2D eigenvalue weighted by molar-refractivity contribution is -0.118. The summed E-state index contributed by atoms with van der Waals surface area (Å²) >= 11 is 0. The van der Waals surface area contributed by atoms with Gasteiger partial charge in [0.05, 0.1) is 5.69 Å². The molecule has 0 aliphatic heterocycles.